The van der Waals surface area contributed by atoms with Crippen molar-refractivity contribution in [1.29, 1.82) is 0 Å². The Morgan fingerprint density at radius 2 is 1.92 bits per heavy atom. The molecule has 0 spiro atoms. The molecule has 1 saturated heterocycles. The van der Waals surface area contributed by atoms with Gasteiger partial charge in [-0.25, -0.2) is 4.98 Å². The molecule has 0 radical (unpaired) electrons. The maximum absolute atomic E-state index is 13.7. The number of benzene rings is 1. The fourth-order valence-electron chi connectivity index (χ4n) is 4.71. The monoisotopic (exact) mass is 558 g/mol. The average molecular weight is 559 g/mol. The number of amides is 2. The SMILES string of the molecule is Cc1ncsc1-c1ccc(CNC(=O)[C@@H]2C[C@@H](O)CN2C(=O)[C@@H](NC(CCCC=O)C(=O)O)C(C)(C)C)cc1. The number of aliphatic carboxylic acids is 1. The number of carboxylic acid groups (broad SMARTS) is 1. The predicted octanol–water partition coefficient (Wildman–Crippen LogP) is 2.52. The minimum Gasteiger partial charge on any atom is -0.480 e. The number of carboxylic acids is 1. The molecule has 0 bridgehead atoms. The van der Waals surface area contributed by atoms with Gasteiger partial charge in [0.15, 0.2) is 0 Å². The Morgan fingerprint density at radius 1 is 1.23 bits per heavy atom. The quantitative estimate of drug-likeness (QED) is 0.229. The molecule has 10 nitrogen and oxygen atoms in total. The Morgan fingerprint density at radius 3 is 2.49 bits per heavy atom. The summed E-state index contributed by atoms with van der Waals surface area (Å²) >= 11 is 1.57. The van der Waals surface area contributed by atoms with Gasteiger partial charge in [0.1, 0.15) is 18.4 Å². The van der Waals surface area contributed by atoms with Gasteiger partial charge >= 0.3 is 5.97 Å². The van der Waals surface area contributed by atoms with E-state index in [4.69, 9.17) is 0 Å². The van der Waals surface area contributed by atoms with Gasteiger partial charge in [0.2, 0.25) is 11.8 Å². The number of unbranched alkanes of at least 4 members (excludes halogenated alkanes) is 1. The minimum absolute atomic E-state index is 0.0169. The molecule has 0 saturated carbocycles. The van der Waals surface area contributed by atoms with Gasteiger partial charge in [-0.05, 0) is 36.3 Å². The summed E-state index contributed by atoms with van der Waals surface area (Å²) in [6.45, 7) is 7.63. The first-order chi connectivity index (χ1) is 18.4. The number of aliphatic hydroxyl groups excluding tert-OH is 1. The zero-order valence-corrected chi connectivity index (χ0v) is 23.7. The molecule has 1 aromatic carbocycles. The normalized spacial score (nSPS) is 18.9. The average Bonchev–Trinajstić information content (AvgIpc) is 3.49. The third-order valence-corrected chi connectivity index (χ3v) is 7.86. The second kappa shape index (κ2) is 13.3. The van der Waals surface area contributed by atoms with Crippen molar-refractivity contribution in [2.24, 2.45) is 5.41 Å². The lowest BCUT2D eigenvalue weighted by atomic mass is 9.84. The van der Waals surface area contributed by atoms with E-state index in [0.717, 1.165) is 28.0 Å². The van der Waals surface area contributed by atoms with Gasteiger partial charge in [0.05, 0.1) is 28.2 Å². The Labute approximate surface area is 232 Å². The molecule has 2 amide bonds. The zero-order chi connectivity index (χ0) is 28.7. The van der Waals surface area contributed by atoms with E-state index in [1.165, 1.54) is 4.90 Å². The van der Waals surface area contributed by atoms with E-state index in [1.807, 2.05) is 52.0 Å². The van der Waals surface area contributed by atoms with E-state index in [2.05, 4.69) is 15.6 Å². The number of aldehydes is 1. The first-order valence-corrected chi connectivity index (χ1v) is 14.0. The molecule has 4 atom stereocenters. The van der Waals surface area contributed by atoms with Crippen LogP contribution in [0.2, 0.25) is 0 Å². The number of carbonyl (C=O) groups is 4. The fourth-order valence-corrected chi connectivity index (χ4v) is 5.52. The summed E-state index contributed by atoms with van der Waals surface area (Å²) in [6, 6.07) is 4.98. The molecule has 1 aliphatic rings. The highest BCUT2D eigenvalue weighted by atomic mass is 32.1. The molecule has 1 unspecified atom stereocenters. The zero-order valence-electron chi connectivity index (χ0n) is 22.8. The van der Waals surface area contributed by atoms with Crippen molar-refractivity contribution < 1.29 is 29.4 Å². The highest BCUT2D eigenvalue weighted by Crippen LogP contribution is 2.28. The summed E-state index contributed by atoms with van der Waals surface area (Å²) < 4.78 is 0. The lowest BCUT2D eigenvalue weighted by Gasteiger charge is -2.37. The van der Waals surface area contributed by atoms with Gasteiger partial charge in [-0.2, -0.15) is 0 Å². The van der Waals surface area contributed by atoms with Crippen LogP contribution < -0.4 is 10.6 Å². The van der Waals surface area contributed by atoms with Crippen molar-refractivity contribution in [2.45, 2.75) is 84.2 Å². The standard InChI is InChI=1S/C28H38N4O6S/c1-17-23(39-16-30-17)19-10-8-18(9-11-19)14-29-25(35)22-13-20(34)15-32(22)26(36)24(28(2,3)4)31-21(27(37)38)7-5-6-12-33/h8-12,16,20-22,24,31,34H,5-7,13-15H2,1-4H3,(H,29,35)(H,37,38)/t20-,21?,22+,24-/m1/s1. The van der Waals surface area contributed by atoms with E-state index in [1.54, 1.807) is 16.8 Å². The topological polar surface area (TPSA) is 149 Å². The maximum Gasteiger partial charge on any atom is 0.320 e. The van der Waals surface area contributed by atoms with Crippen LogP contribution in [0.3, 0.4) is 0 Å². The van der Waals surface area contributed by atoms with Crippen molar-refractivity contribution in [1.82, 2.24) is 20.5 Å². The third kappa shape index (κ3) is 7.93. The van der Waals surface area contributed by atoms with Gasteiger partial charge in [0.25, 0.3) is 0 Å². The van der Waals surface area contributed by atoms with Gasteiger partial charge in [-0.1, -0.05) is 45.0 Å². The van der Waals surface area contributed by atoms with Crippen LogP contribution in [0.5, 0.6) is 0 Å². The summed E-state index contributed by atoms with van der Waals surface area (Å²) in [6.07, 6.45) is 0.748. The fraction of sp³-hybridized carbons (Fsp3) is 0.536. The van der Waals surface area contributed by atoms with E-state index >= 15 is 0 Å². The van der Waals surface area contributed by atoms with Gasteiger partial charge in [-0.3, -0.25) is 19.7 Å². The number of rotatable bonds is 12. The Balaban J connectivity index is 1.69. The maximum atomic E-state index is 13.7. The molecule has 1 fully saturated rings. The summed E-state index contributed by atoms with van der Waals surface area (Å²) in [5, 5.41) is 25.9. The Hall–Kier alpha value is -3.15. The van der Waals surface area contributed by atoms with Crippen LogP contribution in [0, 0.1) is 12.3 Å². The minimum atomic E-state index is -1.12. The van der Waals surface area contributed by atoms with Crippen LogP contribution in [-0.2, 0) is 25.7 Å². The van der Waals surface area contributed by atoms with Crippen molar-refractivity contribution in [3.63, 3.8) is 0 Å². The smallest absolute Gasteiger partial charge is 0.320 e. The van der Waals surface area contributed by atoms with Crippen molar-refractivity contribution >= 4 is 35.4 Å². The van der Waals surface area contributed by atoms with Crippen LogP contribution in [0.1, 0.15) is 57.7 Å². The second-order valence-electron chi connectivity index (χ2n) is 11.0. The van der Waals surface area contributed by atoms with Crippen LogP contribution in [0.25, 0.3) is 10.4 Å². The van der Waals surface area contributed by atoms with Crippen molar-refractivity contribution in [3.8, 4) is 10.4 Å². The number of nitrogens with one attached hydrogen (secondary N) is 2. The number of nitrogens with zero attached hydrogens (tertiary/aromatic N) is 2. The predicted molar refractivity (Wildman–Crippen MR) is 148 cm³/mol. The number of hydrogen-bond donors (Lipinski definition) is 4. The number of aromatic nitrogens is 1. The number of carbonyl (C=O) groups excluding carboxylic acids is 3. The number of aliphatic hydroxyl groups is 1. The first kappa shape index (κ1) is 30.4. The van der Waals surface area contributed by atoms with Gasteiger partial charge < -0.3 is 25.2 Å². The number of β-amino-alcohol motifs (C(OH)–C–C–N with tert-alkyl or cyclic N) is 1. The molecule has 0 aliphatic carbocycles. The molecule has 39 heavy (non-hydrogen) atoms. The molecule has 2 heterocycles. The van der Waals surface area contributed by atoms with Crippen LogP contribution in [0.4, 0.5) is 0 Å². The molecule has 2 aromatic rings. The van der Waals surface area contributed by atoms with Crippen molar-refractivity contribution in [3.05, 3.63) is 41.0 Å². The van der Waals surface area contributed by atoms with E-state index in [-0.39, 0.29) is 38.3 Å². The number of hydrogen-bond acceptors (Lipinski definition) is 8. The van der Waals surface area contributed by atoms with E-state index < -0.39 is 41.5 Å². The number of aryl methyl sites for hydroxylation is 1. The lowest BCUT2D eigenvalue weighted by molar-refractivity contribution is -0.145. The number of likely N-dealkylation sites (tertiary alicyclic amines) is 1. The van der Waals surface area contributed by atoms with Crippen molar-refractivity contribution in [2.75, 3.05) is 6.54 Å². The molecule has 212 valence electrons. The molecular weight excluding hydrogens is 520 g/mol. The molecule has 11 heteroatoms. The van der Waals surface area contributed by atoms with E-state index in [0.29, 0.717) is 6.42 Å². The van der Waals surface area contributed by atoms with Gasteiger partial charge in [0, 0.05) is 25.9 Å². The first-order valence-electron chi connectivity index (χ1n) is 13.1. The molecule has 3 rings (SSSR count). The molecular formula is C28H38N4O6S. The lowest BCUT2D eigenvalue weighted by Crippen LogP contribution is -2.59. The number of thiazole rings is 1. The molecule has 4 N–H and O–H groups in total. The summed E-state index contributed by atoms with van der Waals surface area (Å²) in [5.41, 5.74) is 4.02. The summed E-state index contributed by atoms with van der Waals surface area (Å²) in [5.74, 6) is -1.93. The molecule has 1 aromatic heterocycles. The Kier molecular flexibility index (Phi) is 10.3. The molecule has 1 aliphatic heterocycles. The van der Waals surface area contributed by atoms with Crippen LogP contribution in [0.15, 0.2) is 29.8 Å². The van der Waals surface area contributed by atoms with Crippen LogP contribution >= 0.6 is 11.3 Å². The second-order valence-corrected chi connectivity index (χ2v) is 11.9. The third-order valence-electron chi connectivity index (χ3n) is 6.89. The highest BCUT2D eigenvalue weighted by molar-refractivity contribution is 7.13. The highest BCUT2D eigenvalue weighted by Gasteiger charge is 2.44. The van der Waals surface area contributed by atoms with E-state index in [9.17, 15) is 29.4 Å². The Bertz CT molecular complexity index is 1160. The van der Waals surface area contributed by atoms with Gasteiger partial charge in [-0.15, -0.1) is 11.3 Å². The largest absolute Gasteiger partial charge is 0.480 e. The summed E-state index contributed by atoms with van der Waals surface area (Å²) in [4.78, 5) is 56.2. The van der Waals surface area contributed by atoms with Crippen LogP contribution in [-0.4, -0.2) is 74.9 Å². The summed E-state index contributed by atoms with van der Waals surface area (Å²) in [7, 11) is 0.